The molecule has 0 spiro atoms. The number of hydrogen-bond acceptors (Lipinski definition) is 4. The van der Waals surface area contributed by atoms with Crippen LogP contribution in [0, 0.1) is 11.8 Å². The van der Waals surface area contributed by atoms with Gasteiger partial charge >= 0.3 is 12.1 Å². The van der Waals surface area contributed by atoms with Gasteiger partial charge < -0.3 is 20.1 Å². The number of aliphatic carboxylic acids is 1. The Kier molecular flexibility index (Phi) is 5.89. The first-order chi connectivity index (χ1) is 11.7. The maximum absolute atomic E-state index is 12.9. The summed E-state index contributed by atoms with van der Waals surface area (Å²) in [6.07, 6.45) is -4.59. The molecule has 0 aliphatic carbocycles. The number of amides is 1. The van der Waals surface area contributed by atoms with Gasteiger partial charge in [0.1, 0.15) is 5.75 Å². The molecule has 1 fully saturated rings. The maximum atomic E-state index is 12.9. The maximum Gasteiger partial charge on any atom is 0.393 e. The zero-order valence-corrected chi connectivity index (χ0v) is 13.5. The second kappa shape index (κ2) is 7.73. The number of halogens is 3. The monoisotopic (exact) mass is 360 g/mol. The predicted octanol–water partition coefficient (Wildman–Crippen LogP) is 2.22. The van der Waals surface area contributed by atoms with Gasteiger partial charge in [-0.25, -0.2) is 0 Å². The van der Waals surface area contributed by atoms with Crippen molar-refractivity contribution in [2.45, 2.75) is 12.6 Å². The highest BCUT2D eigenvalue weighted by atomic mass is 19.4. The summed E-state index contributed by atoms with van der Waals surface area (Å²) >= 11 is 0. The van der Waals surface area contributed by atoms with Gasteiger partial charge in [-0.2, -0.15) is 13.2 Å². The summed E-state index contributed by atoms with van der Waals surface area (Å²) in [7, 11) is 1.52. The molecule has 2 atom stereocenters. The average molecular weight is 360 g/mol. The van der Waals surface area contributed by atoms with E-state index in [1.54, 1.807) is 24.3 Å². The normalized spacial score (nSPS) is 21.1. The van der Waals surface area contributed by atoms with Crippen LogP contribution >= 0.6 is 0 Å². The zero-order valence-electron chi connectivity index (χ0n) is 13.5. The fraction of sp³-hybridized carbons (Fsp3) is 0.500. The number of nitrogens with zero attached hydrogens (tertiary/aromatic N) is 1. The van der Waals surface area contributed by atoms with Gasteiger partial charge in [0.25, 0.3) is 0 Å². The lowest BCUT2D eigenvalue weighted by Crippen LogP contribution is -2.33. The lowest BCUT2D eigenvalue weighted by atomic mass is 9.96. The standard InChI is InChI=1S/C16H19F3N2O4/c1-25-11-4-2-10(3-5-11)20-14(22)6-7-21-8-12(15(23)24)13(9-21)16(17,18)19/h2-5,12-13H,6-9H2,1H3,(H,20,22)(H,23,24)/t12-,13-/m1/s1. The van der Waals surface area contributed by atoms with Gasteiger partial charge in [-0.15, -0.1) is 0 Å². The molecule has 1 saturated heterocycles. The van der Waals surface area contributed by atoms with E-state index in [9.17, 15) is 22.8 Å². The van der Waals surface area contributed by atoms with Gasteiger partial charge in [0, 0.05) is 31.7 Å². The number of carboxylic acids is 1. The number of carbonyl (C=O) groups excluding carboxylic acids is 1. The number of methoxy groups -OCH3 is 1. The van der Waals surface area contributed by atoms with Crippen LogP contribution in [0.2, 0.25) is 0 Å². The zero-order chi connectivity index (χ0) is 18.6. The van der Waals surface area contributed by atoms with Crippen molar-refractivity contribution in [1.82, 2.24) is 4.90 Å². The number of alkyl halides is 3. The molecule has 1 heterocycles. The van der Waals surface area contributed by atoms with Gasteiger partial charge in [0.05, 0.1) is 18.9 Å². The summed E-state index contributed by atoms with van der Waals surface area (Å²) in [6, 6.07) is 6.63. The number of likely N-dealkylation sites (tertiary alicyclic amines) is 1. The number of anilines is 1. The molecular weight excluding hydrogens is 341 g/mol. The number of rotatable bonds is 6. The molecule has 0 radical (unpaired) electrons. The van der Waals surface area contributed by atoms with Crippen LogP contribution in [0.1, 0.15) is 6.42 Å². The van der Waals surface area contributed by atoms with E-state index in [0.717, 1.165) is 0 Å². The molecule has 1 aliphatic heterocycles. The van der Waals surface area contributed by atoms with Crippen LogP contribution in [0.25, 0.3) is 0 Å². The molecule has 2 rings (SSSR count). The molecule has 1 amide bonds. The second-order valence-corrected chi connectivity index (χ2v) is 5.88. The van der Waals surface area contributed by atoms with Crippen LogP contribution in [0.15, 0.2) is 24.3 Å². The summed E-state index contributed by atoms with van der Waals surface area (Å²) < 4.78 is 43.7. The lowest BCUT2D eigenvalue weighted by Gasteiger charge is -2.18. The smallest absolute Gasteiger partial charge is 0.393 e. The van der Waals surface area contributed by atoms with Crippen LogP contribution < -0.4 is 10.1 Å². The van der Waals surface area contributed by atoms with E-state index in [2.05, 4.69) is 5.32 Å². The molecule has 1 aromatic carbocycles. The van der Waals surface area contributed by atoms with Crippen molar-refractivity contribution in [3.63, 3.8) is 0 Å². The van der Waals surface area contributed by atoms with Crippen molar-refractivity contribution in [3.05, 3.63) is 24.3 Å². The van der Waals surface area contributed by atoms with Crippen molar-refractivity contribution in [2.24, 2.45) is 11.8 Å². The summed E-state index contributed by atoms with van der Waals surface area (Å²) in [5, 5.41) is 11.6. The van der Waals surface area contributed by atoms with Crippen molar-refractivity contribution in [1.29, 1.82) is 0 Å². The third-order valence-electron chi connectivity index (χ3n) is 4.16. The molecule has 0 unspecified atom stereocenters. The lowest BCUT2D eigenvalue weighted by molar-refractivity contribution is -0.188. The molecule has 138 valence electrons. The van der Waals surface area contributed by atoms with Gasteiger partial charge in [-0.1, -0.05) is 0 Å². The minimum Gasteiger partial charge on any atom is -0.497 e. The molecule has 0 aromatic heterocycles. The first-order valence-electron chi connectivity index (χ1n) is 7.66. The Morgan fingerprint density at radius 2 is 1.92 bits per heavy atom. The first kappa shape index (κ1) is 19.0. The van der Waals surface area contributed by atoms with Crippen molar-refractivity contribution in [3.8, 4) is 5.75 Å². The third-order valence-corrected chi connectivity index (χ3v) is 4.16. The van der Waals surface area contributed by atoms with E-state index in [0.29, 0.717) is 11.4 Å². The summed E-state index contributed by atoms with van der Waals surface area (Å²) in [4.78, 5) is 24.3. The van der Waals surface area contributed by atoms with E-state index >= 15 is 0 Å². The molecule has 2 N–H and O–H groups in total. The fourth-order valence-electron chi connectivity index (χ4n) is 2.81. The van der Waals surface area contributed by atoms with E-state index < -0.39 is 30.5 Å². The Balaban J connectivity index is 1.86. The molecular formula is C16H19F3N2O4. The van der Waals surface area contributed by atoms with E-state index in [1.165, 1.54) is 12.0 Å². The van der Waals surface area contributed by atoms with Gasteiger partial charge in [0.15, 0.2) is 0 Å². The average Bonchev–Trinajstić information content (AvgIpc) is 2.98. The predicted molar refractivity (Wildman–Crippen MR) is 83.4 cm³/mol. The minimum absolute atomic E-state index is 0.0249. The summed E-state index contributed by atoms with van der Waals surface area (Å²) in [5.41, 5.74) is 0.545. The molecule has 0 bridgehead atoms. The Labute approximate surface area is 142 Å². The van der Waals surface area contributed by atoms with Crippen LogP contribution in [0.4, 0.5) is 18.9 Å². The molecule has 1 aliphatic rings. The Morgan fingerprint density at radius 3 is 2.40 bits per heavy atom. The molecule has 25 heavy (non-hydrogen) atoms. The van der Waals surface area contributed by atoms with Gasteiger partial charge in [-0.05, 0) is 24.3 Å². The summed E-state index contributed by atoms with van der Waals surface area (Å²) in [6.45, 7) is -0.552. The van der Waals surface area contributed by atoms with Crippen molar-refractivity contribution >= 4 is 17.6 Å². The topological polar surface area (TPSA) is 78.9 Å². The van der Waals surface area contributed by atoms with Gasteiger partial charge in [0.2, 0.25) is 5.91 Å². The third kappa shape index (κ3) is 5.09. The quantitative estimate of drug-likeness (QED) is 0.813. The molecule has 0 saturated carbocycles. The number of hydrogen-bond donors (Lipinski definition) is 2. The number of carboxylic acid groups (broad SMARTS) is 1. The molecule has 9 heteroatoms. The SMILES string of the molecule is COc1ccc(NC(=O)CCN2C[C@@H](C(F)(F)F)[C@H](C(=O)O)C2)cc1. The van der Waals surface area contributed by atoms with Crippen LogP contribution in [-0.2, 0) is 9.59 Å². The van der Waals surface area contributed by atoms with Crippen LogP contribution in [-0.4, -0.2) is 54.8 Å². The Bertz CT molecular complexity index is 619. The minimum atomic E-state index is -4.57. The van der Waals surface area contributed by atoms with E-state index in [4.69, 9.17) is 9.84 Å². The molecule has 6 nitrogen and oxygen atoms in total. The van der Waals surface area contributed by atoms with E-state index in [1.807, 2.05) is 0 Å². The number of ether oxygens (including phenoxy) is 1. The highest BCUT2D eigenvalue weighted by Gasteiger charge is 2.52. The van der Waals surface area contributed by atoms with Crippen molar-refractivity contribution < 1.29 is 32.6 Å². The Hall–Kier alpha value is -2.29. The number of nitrogens with one attached hydrogen (secondary N) is 1. The van der Waals surface area contributed by atoms with Crippen LogP contribution in [0.5, 0.6) is 5.75 Å². The highest BCUT2D eigenvalue weighted by molar-refractivity contribution is 5.90. The highest BCUT2D eigenvalue weighted by Crippen LogP contribution is 2.37. The Morgan fingerprint density at radius 1 is 1.28 bits per heavy atom. The first-order valence-corrected chi connectivity index (χ1v) is 7.66. The van der Waals surface area contributed by atoms with Crippen molar-refractivity contribution in [2.75, 3.05) is 32.1 Å². The van der Waals surface area contributed by atoms with Gasteiger partial charge in [-0.3, -0.25) is 9.59 Å². The fourth-order valence-corrected chi connectivity index (χ4v) is 2.81. The van der Waals surface area contributed by atoms with Crippen LogP contribution in [0.3, 0.4) is 0 Å². The number of carbonyl (C=O) groups is 2. The number of benzene rings is 1. The second-order valence-electron chi connectivity index (χ2n) is 5.88. The molecule has 1 aromatic rings. The largest absolute Gasteiger partial charge is 0.497 e. The van der Waals surface area contributed by atoms with E-state index in [-0.39, 0.29) is 25.4 Å². The summed E-state index contributed by atoms with van der Waals surface area (Å²) in [5.74, 6) is -4.59.